The van der Waals surface area contributed by atoms with E-state index in [2.05, 4.69) is 4.74 Å². The maximum absolute atomic E-state index is 11.2. The average molecular weight is 260 g/mol. The van der Waals surface area contributed by atoms with Crippen LogP contribution in [0.3, 0.4) is 0 Å². The van der Waals surface area contributed by atoms with Crippen LogP contribution in [-0.2, 0) is 14.3 Å². The van der Waals surface area contributed by atoms with Crippen molar-refractivity contribution < 1.29 is 14.3 Å². The van der Waals surface area contributed by atoms with Crippen LogP contribution in [0.5, 0.6) is 0 Å². The van der Waals surface area contributed by atoms with Crippen LogP contribution in [0.25, 0.3) is 0 Å². The number of allylic oxidation sites excluding steroid dienone is 1. The fourth-order valence-electron chi connectivity index (χ4n) is 0.677. The van der Waals surface area contributed by atoms with E-state index in [1.54, 1.807) is 6.92 Å². The zero-order valence-corrected chi connectivity index (χ0v) is 9.91. The molecule has 14 heavy (non-hydrogen) atoms. The number of carbonyl (C=O) groups excluding carboxylic acids is 2. The largest absolute Gasteiger partial charge is 0.462 e. The summed E-state index contributed by atoms with van der Waals surface area (Å²) >= 11 is 16.2. The highest BCUT2D eigenvalue weighted by atomic mass is 35.6. The van der Waals surface area contributed by atoms with Gasteiger partial charge in [0.15, 0.2) is 5.78 Å². The number of hydrogen-bond acceptors (Lipinski definition) is 3. The van der Waals surface area contributed by atoms with Gasteiger partial charge in [-0.3, -0.25) is 4.79 Å². The monoisotopic (exact) mass is 258 g/mol. The van der Waals surface area contributed by atoms with Crippen molar-refractivity contribution in [2.45, 2.75) is 17.6 Å². The standard InChI is InChI=1S/C8H9Cl3O3/c1-3-14-7(13)6(5(2)12)4-8(9,10)11/h4H,3H2,1-2H3/b6-4+. The third-order valence-corrected chi connectivity index (χ3v) is 1.51. The summed E-state index contributed by atoms with van der Waals surface area (Å²) in [4.78, 5) is 22.2. The van der Waals surface area contributed by atoms with E-state index in [0.717, 1.165) is 6.08 Å². The van der Waals surface area contributed by atoms with Crippen molar-refractivity contribution in [2.75, 3.05) is 6.61 Å². The fraction of sp³-hybridized carbons (Fsp3) is 0.500. The number of alkyl halides is 3. The Bertz CT molecular complexity index is 265. The molecule has 0 unspecified atom stereocenters. The van der Waals surface area contributed by atoms with E-state index in [-0.39, 0.29) is 12.2 Å². The number of halogens is 3. The van der Waals surface area contributed by atoms with Crippen molar-refractivity contribution in [3.8, 4) is 0 Å². The second-order valence-corrected chi connectivity index (χ2v) is 4.75. The van der Waals surface area contributed by atoms with Crippen molar-refractivity contribution in [3.05, 3.63) is 11.6 Å². The van der Waals surface area contributed by atoms with Gasteiger partial charge in [0.05, 0.1) is 6.61 Å². The van der Waals surface area contributed by atoms with Crippen LogP contribution >= 0.6 is 34.8 Å². The Hall–Kier alpha value is -0.250. The first-order chi connectivity index (χ1) is 6.28. The Labute approximate surface area is 97.0 Å². The molecule has 0 aromatic rings. The second kappa shape index (κ2) is 5.59. The van der Waals surface area contributed by atoms with Gasteiger partial charge in [-0.2, -0.15) is 0 Å². The van der Waals surface area contributed by atoms with Gasteiger partial charge in [-0.15, -0.1) is 0 Å². The molecule has 0 aromatic heterocycles. The molecule has 0 amide bonds. The number of ketones is 1. The van der Waals surface area contributed by atoms with E-state index >= 15 is 0 Å². The molecule has 0 radical (unpaired) electrons. The molecule has 0 heterocycles. The molecule has 80 valence electrons. The molecule has 0 atom stereocenters. The van der Waals surface area contributed by atoms with E-state index in [1.165, 1.54) is 6.92 Å². The van der Waals surface area contributed by atoms with Crippen molar-refractivity contribution in [1.82, 2.24) is 0 Å². The summed E-state index contributed by atoms with van der Waals surface area (Å²) in [6.07, 6.45) is 0.942. The molecule has 0 saturated carbocycles. The van der Waals surface area contributed by atoms with Crippen LogP contribution < -0.4 is 0 Å². The van der Waals surface area contributed by atoms with E-state index in [0.29, 0.717) is 0 Å². The molecule has 0 fully saturated rings. The molecule has 6 heteroatoms. The van der Waals surface area contributed by atoms with Gasteiger partial charge in [-0.25, -0.2) is 4.79 Å². The lowest BCUT2D eigenvalue weighted by Gasteiger charge is -2.07. The van der Waals surface area contributed by atoms with Crippen LogP contribution in [0.4, 0.5) is 0 Å². The maximum atomic E-state index is 11.2. The first-order valence-corrected chi connectivity index (χ1v) is 4.89. The van der Waals surface area contributed by atoms with Crippen molar-refractivity contribution in [1.29, 1.82) is 0 Å². The molecular formula is C8H9Cl3O3. The number of Topliss-reactive ketones (excluding diaryl/α,β-unsaturated/α-hetero) is 1. The summed E-state index contributed by atoms with van der Waals surface area (Å²) in [6, 6.07) is 0. The summed E-state index contributed by atoms with van der Waals surface area (Å²) in [7, 11) is 0. The SMILES string of the molecule is CCOC(=O)/C(=C/C(Cl)(Cl)Cl)C(C)=O. The molecule has 0 rings (SSSR count). The molecule has 0 aliphatic carbocycles. The Morgan fingerprint density at radius 1 is 1.36 bits per heavy atom. The summed E-state index contributed by atoms with van der Waals surface area (Å²) < 4.78 is 2.82. The van der Waals surface area contributed by atoms with E-state index in [1.807, 2.05) is 0 Å². The minimum absolute atomic E-state index is 0.156. The van der Waals surface area contributed by atoms with Gasteiger partial charge in [0.25, 0.3) is 0 Å². The predicted octanol–water partition coefficient (Wildman–Crippen LogP) is 2.44. The number of ether oxygens (including phenoxy) is 1. The third kappa shape index (κ3) is 5.47. The molecular weight excluding hydrogens is 250 g/mol. The van der Waals surface area contributed by atoms with Crippen LogP contribution in [0.1, 0.15) is 13.8 Å². The van der Waals surface area contributed by atoms with E-state index in [9.17, 15) is 9.59 Å². The van der Waals surface area contributed by atoms with Gasteiger partial charge in [0.2, 0.25) is 3.79 Å². The predicted molar refractivity (Wildman–Crippen MR) is 55.7 cm³/mol. The Morgan fingerprint density at radius 2 is 1.86 bits per heavy atom. The van der Waals surface area contributed by atoms with Crippen molar-refractivity contribution in [3.63, 3.8) is 0 Å². The lowest BCUT2D eigenvalue weighted by molar-refractivity contribution is -0.139. The summed E-state index contributed by atoms with van der Waals surface area (Å²) in [5.74, 6) is -1.29. The second-order valence-electron chi connectivity index (χ2n) is 2.38. The van der Waals surface area contributed by atoms with E-state index < -0.39 is 15.5 Å². The van der Waals surface area contributed by atoms with Gasteiger partial charge in [0, 0.05) is 0 Å². The lowest BCUT2D eigenvalue weighted by Crippen LogP contribution is -2.16. The number of rotatable bonds is 3. The highest BCUT2D eigenvalue weighted by molar-refractivity contribution is 6.69. The van der Waals surface area contributed by atoms with Crippen LogP contribution in [0.15, 0.2) is 11.6 Å². The Kier molecular flexibility index (Phi) is 5.49. The van der Waals surface area contributed by atoms with Crippen LogP contribution in [0.2, 0.25) is 0 Å². The molecule has 0 bridgehead atoms. The number of esters is 1. The number of carbonyl (C=O) groups is 2. The molecule has 3 nitrogen and oxygen atoms in total. The first-order valence-electron chi connectivity index (χ1n) is 3.75. The summed E-state index contributed by atoms with van der Waals surface area (Å²) in [5.41, 5.74) is -0.258. The molecule has 0 aliphatic rings. The minimum Gasteiger partial charge on any atom is -0.462 e. The van der Waals surface area contributed by atoms with Crippen molar-refractivity contribution in [2.24, 2.45) is 0 Å². The minimum atomic E-state index is -1.78. The topological polar surface area (TPSA) is 43.4 Å². The molecule has 0 aliphatic heterocycles. The fourth-order valence-corrected chi connectivity index (χ4v) is 1.00. The molecule has 0 N–H and O–H groups in total. The van der Waals surface area contributed by atoms with Gasteiger partial charge in [0.1, 0.15) is 5.57 Å². The molecule has 0 aromatic carbocycles. The first kappa shape index (κ1) is 13.8. The summed E-state index contributed by atoms with van der Waals surface area (Å²) in [6.45, 7) is 2.97. The van der Waals surface area contributed by atoms with Gasteiger partial charge < -0.3 is 4.74 Å². The zero-order valence-electron chi connectivity index (χ0n) is 7.64. The summed E-state index contributed by atoms with van der Waals surface area (Å²) in [5, 5.41) is 0. The normalized spacial score (nSPS) is 12.5. The van der Waals surface area contributed by atoms with E-state index in [4.69, 9.17) is 34.8 Å². The quantitative estimate of drug-likeness (QED) is 0.257. The van der Waals surface area contributed by atoms with Crippen LogP contribution in [-0.4, -0.2) is 22.2 Å². The smallest absolute Gasteiger partial charge is 0.341 e. The Balaban J connectivity index is 4.87. The highest BCUT2D eigenvalue weighted by Crippen LogP contribution is 2.29. The Morgan fingerprint density at radius 3 is 2.14 bits per heavy atom. The number of hydrogen-bond donors (Lipinski definition) is 0. The van der Waals surface area contributed by atoms with Gasteiger partial charge in [-0.1, -0.05) is 34.8 Å². The van der Waals surface area contributed by atoms with Gasteiger partial charge in [-0.05, 0) is 19.9 Å². The highest BCUT2D eigenvalue weighted by Gasteiger charge is 2.23. The van der Waals surface area contributed by atoms with Crippen LogP contribution in [0, 0.1) is 0 Å². The average Bonchev–Trinajstić information content (AvgIpc) is 1.98. The maximum Gasteiger partial charge on any atom is 0.341 e. The zero-order chi connectivity index (χ0) is 11.4. The third-order valence-electron chi connectivity index (χ3n) is 1.18. The molecule has 0 saturated heterocycles. The molecule has 0 spiro atoms. The lowest BCUT2D eigenvalue weighted by atomic mass is 10.2. The van der Waals surface area contributed by atoms with Crippen molar-refractivity contribution >= 4 is 46.6 Å². The van der Waals surface area contributed by atoms with Gasteiger partial charge >= 0.3 is 5.97 Å².